The Morgan fingerprint density at radius 2 is 2.23 bits per heavy atom. The second-order valence-corrected chi connectivity index (χ2v) is 6.42. The first kappa shape index (κ1) is 14.6. The molecule has 0 saturated carbocycles. The van der Waals surface area contributed by atoms with Crippen molar-refractivity contribution in [2.24, 2.45) is 0 Å². The second-order valence-electron chi connectivity index (χ2n) is 4.62. The third-order valence-corrected chi connectivity index (χ3v) is 4.27. The van der Waals surface area contributed by atoms with Crippen LogP contribution in [0.25, 0.3) is 17.3 Å². The molecule has 5 nitrogen and oxygen atoms in total. The molecule has 3 N–H and O–H groups in total. The predicted molar refractivity (Wildman–Crippen MR) is 91.4 cm³/mol. The molecule has 0 unspecified atom stereocenters. The lowest BCUT2D eigenvalue weighted by Gasteiger charge is -2.00. The number of rotatable bonds is 5. The van der Waals surface area contributed by atoms with E-state index in [4.69, 9.17) is 11.6 Å². The summed E-state index contributed by atoms with van der Waals surface area (Å²) in [6.07, 6.45) is 1.59. The van der Waals surface area contributed by atoms with E-state index in [-0.39, 0.29) is 5.56 Å². The number of anilines is 1. The zero-order chi connectivity index (χ0) is 15.5. The fourth-order valence-corrected chi connectivity index (χ4v) is 3.04. The molecule has 22 heavy (non-hydrogen) atoms. The molecule has 0 bridgehead atoms. The topological polar surface area (TPSA) is 73.6 Å². The standard InChI is InChI=1S/C15H13ClN4OS/c1-2-10-5-9(6-15(21)18-10)12-7-14(20-19-12)17-8-11-3-4-13(16)22-11/h2-7H,1,8H2,(H,18,21)(H2,17,19,20). The van der Waals surface area contributed by atoms with Gasteiger partial charge in [0.05, 0.1) is 16.6 Å². The monoisotopic (exact) mass is 332 g/mol. The zero-order valence-electron chi connectivity index (χ0n) is 11.5. The Bertz CT molecular complexity index is 864. The van der Waals surface area contributed by atoms with Crippen molar-refractivity contribution in [3.8, 4) is 11.3 Å². The molecule has 0 aliphatic carbocycles. The number of aromatic amines is 2. The van der Waals surface area contributed by atoms with Gasteiger partial charge in [-0.05, 0) is 24.3 Å². The van der Waals surface area contributed by atoms with E-state index < -0.39 is 0 Å². The van der Waals surface area contributed by atoms with E-state index in [9.17, 15) is 4.79 Å². The summed E-state index contributed by atoms with van der Waals surface area (Å²) in [6.45, 7) is 4.32. The maximum atomic E-state index is 11.6. The molecule has 3 rings (SSSR count). The van der Waals surface area contributed by atoms with E-state index in [0.29, 0.717) is 17.9 Å². The zero-order valence-corrected chi connectivity index (χ0v) is 13.1. The summed E-state index contributed by atoms with van der Waals surface area (Å²) in [5.74, 6) is 0.778. The lowest BCUT2D eigenvalue weighted by Crippen LogP contribution is -2.05. The predicted octanol–water partition coefficient (Wildman–Crippen LogP) is 3.74. The summed E-state index contributed by atoms with van der Waals surface area (Å²) >= 11 is 7.43. The lowest BCUT2D eigenvalue weighted by molar-refractivity contribution is 1.06. The van der Waals surface area contributed by atoms with Crippen LogP contribution in [0.2, 0.25) is 4.34 Å². The SMILES string of the molecule is C=Cc1cc(-c2cc(NCc3ccc(Cl)s3)[nH]n2)cc(=O)[nH]1. The first-order valence-corrected chi connectivity index (χ1v) is 7.74. The van der Waals surface area contributed by atoms with Gasteiger partial charge >= 0.3 is 0 Å². The highest BCUT2D eigenvalue weighted by atomic mass is 35.5. The number of nitrogens with one attached hydrogen (secondary N) is 3. The first-order valence-electron chi connectivity index (χ1n) is 6.55. The van der Waals surface area contributed by atoms with Crippen LogP contribution in [-0.2, 0) is 6.54 Å². The first-order chi connectivity index (χ1) is 10.6. The number of halogens is 1. The van der Waals surface area contributed by atoms with Crippen molar-refractivity contribution in [2.75, 3.05) is 5.32 Å². The van der Waals surface area contributed by atoms with Crippen LogP contribution in [0.4, 0.5) is 5.82 Å². The summed E-state index contributed by atoms with van der Waals surface area (Å²) in [4.78, 5) is 15.4. The van der Waals surface area contributed by atoms with Gasteiger partial charge in [-0.3, -0.25) is 9.89 Å². The third-order valence-electron chi connectivity index (χ3n) is 3.04. The molecular weight excluding hydrogens is 320 g/mol. The van der Waals surface area contributed by atoms with Gasteiger partial charge in [-0.2, -0.15) is 5.10 Å². The van der Waals surface area contributed by atoms with Crippen LogP contribution in [0.5, 0.6) is 0 Å². The maximum Gasteiger partial charge on any atom is 0.249 e. The number of thiophene rings is 1. The lowest BCUT2D eigenvalue weighted by atomic mass is 10.1. The van der Waals surface area contributed by atoms with Gasteiger partial charge in [0.1, 0.15) is 5.82 Å². The molecule has 0 radical (unpaired) electrons. The van der Waals surface area contributed by atoms with Crippen LogP contribution < -0.4 is 10.9 Å². The Morgan fingerprint density at radius 1 is 1.36 bits per heavy atom. The number of aromatic nitrogens is 3. The van der Waals surface area contributed by atoms with Crippen molar-refractivity contribution >= 4 is 34.8 Å². The number of hydrogen-bond donors (Lipinski definition) is 3. The van der Waals surface area contributed by atoms with Crippen LogP contribution in [-0.4, -0.2) is 15.2 Å². The minimum Gasteiger partial charge on any atom is -0.366 e. The fraction of sp³-hybridized carbons (Fsp3) is 0.0667. The van der Waals surface area contributed by atoms with E-state index in [2.05, 4.69) is 27.1 Å². The highest BCUT2D eigenvalue weighted by Gasteiger charge is 2.06. The van der Waals surface area contributed by atoms with E-state index in [1.807, 2.05) is 24.3 Å². The van der Waals surface area contributed by atoms with Gasteiger partial charge in [-0.1, -0.05) is 18.2 Å². The molecular formula is C15H13ClN4OS. The number of hydrogen-bond acceptors (Lipinski definition) is 4. The minimum absolute atomic E-state index is 0.182. The Kier molecular flexibility index (Phi) is 4.13. The summed E-state index contributed by atoms with van der Waals surface area (Å²) in [6, 6.07) is 9.04. The Hall–Kier alpha value is -2.31. The molecule has 0 aliphatic rings. The van der Waals surface area contributed by atoms with Crippen LogP contribution in [0.1, 0.15) is 10.6 Å². The van der Waals surface area contributed by atoms with Crippen LogP contribution in [0.3, 0.4) is 0 Å². The largest absolute Gasteiger partial charge is 0.366 e. The van der Waals surface area contributed by atoms with Crippen LogP contribution in [0.15, 0.2) is 41.7 Å². The Labute approximate surface area is 135 Å². The molecule has 3 aromatic rings. The quantitative estimate of drug-likeness (QED) is 0.666. The average molecular weight is 333 g/mol. The molecule has 0 aromatic carbocycles. The average Bonchev–Trinajstić information content (AvgIpc) is 3.13. The van der Waals surface area contributed by atoms with Crippen LogP contribution in [0, 0.1) is 0 Å². The number of pyridine rings is 1. The van der Waals surface area contributed by atoms with Gasteiger partial charge in [-0.25, -0.2) is 0 Å². The number of H-pyrrole nitrogens is 2. The maximum absolute atomic E-state index is 11.6. The molecule has 0 amide bonds. The molecule has 0 atom stereocenters. The van der Waals surface area contributed by atoms with Crippen molar-refractivity contribution in [1.29, 1.82) is 0 Å². The highest BCUT2D eigenvalue weighted by molar-refractivity contribution is 7.16. The molecule has 3 aromatic heterocycles. The summed E-state index contributed by atoms with van der Waals surface area (Å²) < 4.78 is 0.766. The molecule has 3 heterocycles. The van der Waals surface area contributed by atoms with E-state index in [1.54, 1.807) is 6.08 Å². The Balaban J connectivity index is 1.77. The van der Waals surface area contributed by atoms with Crippen molar-refractivity contribution in [2.45, 2.75) is 6.54 Å². The smallest absolute Gasteiger partial charge is 0.249 e. The Morgan fingerprint density at radius 3 is 2.95 bits per heavy atom. The van der Waals surface area contributed by atoms with Crippen molar-refractivity contribution < 1.29 is 0 Å². The summed E-state index contributed by atoms with van der Waals surface area (Å²) in [5.41, 5.74) is 1.91. The van der Waals surface area contributed by atoms with Gasteiger partial charge in [-0.15, -0.1) is 11.3 Å². The molecule has 0 saturated heterocycles. The van der Waals surface area contributed by atoms with Gasteiger partial charge in [0.25, 0.3) is 0 Å². The van der Waals surface area contributed by atoms with E-state index >= 15 is 0 Å². The van der Waals surface area contributed by atoms with E-state index in [0.717, 1.165) is 20.6 Å². The number of nitrogens with zero attached hydrogens (tertiary/aromatic N) is 1. The van der Waals surface area contributed by atoms with Crippen molar-refractivity contribution in [3.05, 3.63) is 62.2 Å². The molecule has 0 spiro atoms. The van der Waals surface area contributed by atoms with Crippen molar-refractivity contribution in [1.82, 2.24) is 15.2 Å². The second kappa shape index (κ2) is 6.21. The van der Waals surface area contributed by atoms with Crippen LogP contribution >= 0.6 is 22.9 Å². The molecule has 112 valence electrons. The molecule has 7 heteroatoms. The minimum atomic E-state index is -0.182. The summed E-state index contributed by atoms with van der Waals surface area (Å²) in [7, 11) is 0. The van der Waals surface area contributed by atoms with Crippen molar-refractivity contribution in [3.63, 3.8) is 0 Å². The van der Waals surface area contributed by atoms with Gasteiger partial charge in [0, 0.05) is 28.3 Å². The third kappa shape index (κ3) is 3.29. The van der Waals surface area contributed by atoms with Gasteiger partial charge < -0.3 is 10.3 Å². The normalized spacial score (nSPS) is 10.6. The highest BCUT2D eigenvalue weighted by Crippen LogP contribution is 2.23. The van der Waals surface area contributed by atoms with Gasteiger partial charge in [0.15, 0.2) is 0 Å². The molecule has 0 aliphatic heterocycles. The summed E-state index contributed by atoms with van der Waals surface area (Å²) in [5, 5.41) is 10.4. The van der Waals surface area contributed by atoms with E-state index in [1.165, 1.54) is 17.4 Å². The fourth-order valence-electron chi connectivity index (χ4n) is 2.01. The molecule has 0 fully saturated rings. The van der Waals surface area contributed by atoms with Gasteiger partial charge in [0.2, 0.25) is 5.56 Å².